The number of amidine groups is 1. The summed E-state index contributed by atoms with van der Waals surface area (Å²) in [7, 11) is 1.54. The molecule has 0 unspecified atom stereocenters. The van der Waals surface area contributed by atoms with Gasteiger partial charge in [-0.2, -0.15) is 0 Å². The molecule has 1 saturated carbocycles. The van der Waals surface area contributed by atoms with Crippen molar-refractivity contribution in [2.75, 3.05) is 26.7 Å². The molecule has 10 nitrogen and oxygen atoms in total. The van der Waals surface area contributed by atoms with Gasteiger partial charge in [-0.05, 0) is 58.4 Å². The van der Waals surface area contributed by atoms with Crippen LogP contribution in [-0.4, -0.2) is 66.4 Å². The quantitative estimate of drug-likeness (QED) is 0.207. The topological polar surface area (TPSA) is 147 Å². The van der Waals surface area contributed by atoms with Crippen molar-refractivity contribution in [2.24, 2.45) is 11.7 Å². The SMILES string of the molecule is COc1cc(C(=N)N)ccc1CNC(=O)[C@]1(C2CCCCC2)CCCN1C(=O)CNCC(=O)OC(C)(C)C. The lowest BCUT2D eigenvalue weighted by molar-refractivity contribution is -0.154. The number of ether oxygens (including phenoxy) is 2. The van der Waals surface area contributed by atoms with Crippen molar-refractivity contribution in [2.45, 2.75) is 83.4 Å². The minimum atomic E-state index is -0.919. The van der Waals surface area contributed by atoms with Crippen LogP contribution in [0.2, 0.25) is 0 Å². The Kier molecular flexibility index (Phi) is 9.76. The third-order valence-electron chi connectivity index (χ3n) is 7.40. The van der Waals surface area contributed by atoms with Crippen LogP contribution in [0, 0.1) is 11.3 Å². The van der Waals surface area contributed by atoms with E-state index in [9.17, 15) is 14.4 Å². The zero-order valence-corrected chi connectivity index (χ0v) is 23.2. The average Bonchev–Trinajstić information content (AvgIpc) is 3.33. The molecule has 10 heteroatoms. The molecule has 0 bridgehead atoms. The van der Waals surface area contributed by atoms with Crippen molar-refractivity contribution in [3.05, 3.63) is 29.3 Å². The van der Waals surface area contributed by atoms with Gasteiger partial charge in [0, 0.05) is 24.2 Å². The largest absolute Gasteiger partial charge is 0.496 e. The molecule has 1 aromatic rings. The number of carbonyl (C=O) groups excluding carboxylic acids is 3. The van der Waals surface area contributed by atoms with E-state index >= 15 is 0 Å². The van der Waals surface area contributed by atoms with Gasteiger partial charge in [0.1, 0.15) is 22.7 Å². The van der Waals surface area contributed by atoms with E-state index in [1.54, 1.807) is 43.9 Å². The van der Waals surface area contributed by atoms with Gasteiger partial charge >= 0.3 is 5.97 Å². The predicted molar refractivity (Wildman–Crippen MR) is 145 cm³/mol. The first-order chi connectivity index (χ1) is 18.0. The number of carbonyl (C=O) groups is 3. The molecule has 1 heterocycles. The van der Waals surface area contributed by atoms with Crippen molar-refractivity contribution < 1.29 is 23.9 Å². The van der Waals surface area contributed by atoms with Crippen LogP contribution >= 0.6 is 0 Å². The van der Waals surface area contributed by atoms with E-state index in [0.717, 1.165) is 44.1 Å². The van der Waals surface area contributed by atoms with E-state index in [1.165, 1.54) is 7.11 Å². The van der Waals surface area contributed by atoms with E-state index < -0.39 is 17.1 Å². The molecule has 1 aliphatic carbocycles. The Bertz CT molecular complexity index is 1030. The zero-order chi connectivity index (χ0) is 27.9. The molecule has 38 heavy (non-hydrogen) atoms. The molecule has 2 amide bonds. The lowest BCUT2D eigenvalue weighted by Gasteiger charge is -2.44. The van der Waals surface area contributed by atoms with Crippen LogP contribution in [0.5, 0.6) is 5.75 Å². The van der Waals surface area contributed by atoms with Crippen LogP contribution in [0.25, 0.3) is 0 Å². The molecule has 0 radical (unpaired) electrons. The number of nitrogens with one attached hydrogen (secondary N) is 3. The molecule has 3 rings (SSSR count). The van der Waals surface area contributed by atoms with Gasteiger partial charge in [-0.25, -0.2) is 0 Å². The molecule has 1 aliphatic heterocycles. The first-order valence-electron chi connectivity index (χ1n) is 13.5. The van der Waals surface area contributed by atoms with E-state index in [-0.39, 0.29) is 43.2 Å². The summed E-state index contributed by atoms with van der Waals surface area (Å²) >= 11 is 0. The molecular formula is C28H43N5O5. The van der Waals surface area contributed by atoms with Crippen LogP contribution in [0.15, 0.2) is 18.2 Å². The summed E-state index contributed by atoms with van der Waals surface area (Å²) in [6.07, 6.45) is 6.38. The number of methoxy groups -OCH3 is 1. The second-order valence-corrected chi connectivity index (χ2v) is 11.2. The highest BCUT2D eigenvalue weighted by molar-refractivity contribution is 5.95. The molecule has 2 aliphatic rings. The molecule has 1 aromatic carbocycles. The number of amides is 2. The monoisotopic (exact) mass is 529 g/mol. The Morgan fingerprint density at radius 1 is 1.13 bits per heavy atom. The Morgan fingerprint density at radius 3 is 2.47 bits per heavy atom. The number of hydrogen-bond donors (Lipinski definition) is 4. The number of esters is 1. The Hall–Kier alpha value is -3.14. The van der Waals surface area contributed by atoms with Gasteiger partial charge in [0.05, 0.1) is 20.2 Å². The number of nitrogen functional groups attached to an aromatic ring is 1. The van der Waals surface area contributed by atoms with Gasteiger partial charge in [0.2, 0.25) is 11.8 Å². The molecule has 0 aromatic heterocycles. The molecular weight excluding hydrogens is 486 g/mol. The molecule has 1 atom stereocenters. The predicted octanol–water partition coefficient (Wildman–Crippen LogP) is 2.47. The van der Waals surface area contributed by atoms with Gasteiger partial charge in [0.25, 0.3) is 0 Å². The fraction of sp³-hybridized carbons (Fsp3) is 0.643. The van der Waals surface area contributed by atoms with E-state index in [4.69, 9.17) is 20.6 Å². The minimum Gasteiger partial charge on any atom is -0.496 e. The van der Waals surface area contributed by atoms with Crippen LogP contribution in [0.1, 0.15) is 76.8 Å². The second kappa shape index (κ2) is 12.6. The Labute approximate surface area is 225 Å². The first kappa shape index (κ1) is 29.4. The van der Waals surface area contributed by atoms with E-state index in [1.807, 2.05) is 0 Å². The van der Waals surface area contributed by atoms with Gasteiger partial charge in [-0.3, -0.25) is 25.1 Å². The van der Waals surface area contributed by atoms with Crippen molar-refractivity contribution in [1.29, 1.82) is 5.41 Å². The normalized spacial score (nSPS) is 20.2. The summed E-state index contributed by atoms with van der Waals surface area (Å²) in [5.41, 5.74) is 5.40. The van der Waals surface area contributed by atoms with Gasteiger partial charge in [-0.1, -0.05) is 31.4 Å². The summed E-state index contributed by atoms with van der Waals surface area (Å²) in [6, 6.07) is 5.20. The van der Waals surface area contributed by atoms with Gasteiger partial charge in [0.15, 0.2) is 0 Å². The third kappa shape index (κ3) is 7.03. The number of benzene rings is 1. The van der Waals surface area contributed by atoms with Crippen molar-refractivity contribution in [3.63, 3.8) is 0 Å². The Balaban J connectivity index is 1.75. The first-order valence-corrected chi connectivity index (χ1v) is 13.5. The molecule has 1 saturated heterocycles. The lowest BCUT2D eigenvalue weighted by Crippen LogP contribution is -2.62. The van der Waals surface area contributed by atoms with Crippen LogP contribution < -0.4 is 21.1 Å². The average molecular weight is 530 g/mol. The maximum Gasteiger partial charge on any atom is 0.320 e. The third-order valence-corrected chi connectivity index (χ3v) is 7.40. The van der Waals surface area contributed by atoms with E-state index in [2.05, 4.69) is 10.6 Å². The van der Waals surface area contributed by atoms with Crippen molar-refractivity contribution in [3.8, 4) is 5.75 Å². The summed E-state index contributed by atoms with van der Waals surface area (Å²) < 4.78 is 10.8. The second-order valence-electron chi connectivity index (χ2n) is 11.2. The molecule has 0 spiro atoms. The number of nitrogens with zero attached hydrogens (tertiary/aromatic N) is 1. The van der Waals surface area contributed by atoms with E-state index in [0.29, 0.717) is 24.3 Å². The van der Waals surface area contributed by atoms with Gasteiger partial charge < -0.3 is 25.4 Å². The number of likely N-dealkylation sites (tertiary alicyclic amines) is 1. The molecule has 210 valence electrons. The van der Waals surface area contributed by atoms with Crippen molar-refractivity contribution in [1.82, 2.24) is 15.5 Å². The number of rotatable bonds is 10. The fourth-order valence-corrected chi connectivity index (χ4v) is 5.75. The summed E-state index contributed by atoms with van der Waals surface area (Å²) in [5, 5.41) is 13.7. The minimum absolute atomic E-state index is 0.0404. The number of nitrogens with two attached hydrogens (primary N) is 1. The molecule has 2 fully saturated rings. The highest BCUT2D eigenvalue weighted by atomic mass is 16.6. The molecule has 5 N–H and O–H groups in total. The summed E-state index contributed by atoms with van der Waals surface area (Å²) in [6.45, 7) is 6.01. The van der Waals surface area contributed by atoms with Crippen LogP contribution in [0.4, 0.5) is 0 Å². The number of hydrogen-bond acceptors (Lipinski definition) is 7. The fourth-order valence-electron chi connectivity index (χ4n) is 5.75. The van der Waals surface area contributed by atoms with Gasteiger partial charge in [-0.15, -0.1) is 0 Å². The summed E-state index contributed by atoms with van der Waals surface area (Å²) in [5.74, 6) is -0.204. The van der Waals surface area contributed by atoms with Crippen LogP contribution in [0.3, 0.4) is 0 Å². The maximum atomic E-state index is 14.0. The maximum absolute atomic E-state index is 14.0. The Morgan fingerprint density at radius 2 is 1.84 bits per heavy atom. The smallest absolute Gasteiger partial charge is 0.320 e. The zero-order valence-electron chi connectivity index (χ0n) is 23.2. The summed E-state index contributed by atoms with van der Waals surface area (Å²) in [4.78, 5) is 41.2. The highest BCUT2D eigenvalue weighted by Gasteiger charge is 2.54. The van der Waals surface area contributed by atoms with Crippen LogP contribution in [-0.2, 0) is 25.7 Å². The highest BCUT2D eigenvalue weighted by Crippen LogP contribution is 2.43. The van der Waals surface area contributed by atoms with Crippen molar-refractivity contribution >= 4 is 23.6 Å². The standard InChI is InChI=1S/C28H43N5O5/c1-27(2,3)38-24(35)18-31-17-23(34)33-14-8-13-28(33,21-9-6-5-7-10-21)26(36)32-16-20-12-11-19(25(29)30)15-22(20)37-4/h11-12,15,21,31H,5-10,13-14,16-18H2,1-4H3,(H3,29,30)(H,32,36)/t28-/m1/s1. The lowest BCUT2D eigenvalue weighted by atomic mass is 9.72.